The molecule has 0 spiro atoms. The molecule has 2 aromatic carbocycles. The van der Waals surface area contributed by atoms with E-state index in [-0.39, 0.29) is 0 Å². The van der Waals surface area contributed by atoms with Crippen LogP contribution in [0.15, 0.2) is 54.6 Å². The molecule has 0 aliphatic heterocycles. The van der Waals surface area contributed by atoms with Crippen LogP contribution in [0.25, 0.3) is 0 Å². The summed E-state index contributed by atoms with van der Waals surface area (Å²) in [4.78, 5) is 9.06. The number of nitrogens with one attached hydrogen (secondary N) is 1. The monoisotopic (exact) mass is 343 g/mol. The Balaban J connectivity index is 0. The van der Waals surface area contributed by atoms with Crippen molar-refractivity contribution in [3.63, 3.8) is 0 Å². The van der Waals surface area contributed by atoms with Gasteiger partial charge in [-0.1, -0.05) is 102 Å². The third-order valence-electron chi connectivity index (χ3n) is 3.29. The van der Waals surface area contributed by atoms with Crippen LogP contribution in [0, 0.1) is 6.92 Å². The van der Waals surface area contributed by atoms with E-state index in [9.17, 15) is 0 Å². The first-order valence-electron chi connectivity index (χ1n) is 9.14. The molecule has 0 aliphatic rings. The molecule has 2 heteroatoms. The molecule has 0 saturated carbocycles. The SMILES string of the molecule is CC.CC(C)c1ccccc1.CNC=O.Cc1cccc(C(C)C)c1. The topological polar surface area (TPSA) is 29.1 Å². The molecule has 2 aromatic rings. The highest BCUT2D eigenvalue weighted by atomic mass is 16.1. The van der Waals surface area contributed by atoms with E-state index in [0.717, 1.165) is 0 Å². The summed E-state index contributed by atoms with van der Waals surface area (Å²) in [5.41, 5.74) is 4.20. The van der Waals surface area contributed by atoms with Crippen molar-refractivity contribution in [2.45, 2.75) is 60.3 Å². The van der Waals surface area contributed by atoms with Crippen molar-refractivity contribution in [1.82, 2.24) is 5.32 Å². The molecule has 0 aliphatic carbocycles. The van der Waals surface area contributed by atoms with Crippen LogP contribution < -0.4 is 5.32 Å². The molecule has 25 heavy (non-hydrogen) atoms. The van der Waals surface area contributed by atoms with Crippen LogP contribution in [0.3, 0.4) is 0 Å². The number of rotatable bonds is 3. The van der Waals surface area contributed by atoms with Gasteiger partial charge in [-0.15, -0.1) is 0 Å². The Hall–Kier alpha value is -2.09. The van der Waals surface area contributed by atoms with Gasteiger partial charge < -0.3 is 5.32 Å². The van der Waals surface area contributed by atoms with Crippen molar-refractivity contribution in [3.8, 4) is 0 Å². The van der Waals surface area contributed by atoms with Gasteiger partial charge in [-0.2, -0.15) is 0 Å². The smallest absolute Gasteiger partial charge is 0.206 e. The summed E-state index contributed by atoms with van der Waals surface area (Å²) in [5, 5.41) is 2.25. The lowest BCUT2D eigenvalue weighted by molar-refractivity contribution is -0.109. The Morgan fingerprint density at radius 3 is 1.52 bits per heavy atom. The fourth-order valence-corrected chi connectivity index (χ4v) is 1.87. The highest BCUT2D eigenvalue weighted by molar-refractivity contribution is 5.44. The van der Waals surface area contributed by atoms with Crippen molar-refractivity contribution in [2.75, 3.05) is 7.05 Å². The van der Waals surface area contributed by atoms with Crippen molar-refractivity contribution in [3.05, 3.63) is 71.3 Å². The van der Waals surface area contributed by atoms with E-state index in [1.807, 2.05) is 19.9 Å². The highest BCUT2D eigenvalue weighted by Gasteiger charge is 1.96. The van der Waals surface area contributed by atoms with E-state index >= 15 is 0 Å². The largest absolute Gasteiger partial charge is 0.362 e. The molecule has 0 heterocycles. The van der Waals surface area contributed by atoms with Gasteiger partial charge in [-0.05, 0) is 29.9 Å². The predicted octanol–water partition coefficient (Wildman–Crippen LogP) is 6.32. The van der Waals surface area contributed by atoms with Gasteiger partial charge in [0.1, 0.15) is 0 Å². The molecule has 0 radical (unpaired) electrons. The summed E-state index contributed by atoms with van der Waals surface area (Å²) in [5.74, 6) is 1.31. The van der Waals surface area contributed by atoms with Crippen molar-refractivity contribution >= 4 is 6.41 Å². The van der Waals surface area contributed by atoms with Gasteiger partial charge in [0.15, 0.2) is 0 Å². The van der Waals surface area contributed by atoms with Crippen LogP contribution in [0.1, 0.15) is 70.1 Å². The fourth-order valence-electron chi connectivity index (χ4n) is 1.87. The lowest BCUT2D eigenvalue weighted by Gasteiger charge is -2.04. The van der Waals surface area contributed by atoms with E-state index in [4.69, 9.17) is 4.79 Å². The van der Waals surface area contributed by atoms with Crippen LogP contribution in [0.2, 0.25) is 0 Å². The lowest BCUT2D eigenvalue weighted by atomic mass is 10.0. The third-order valence-corrected chi connectivity index (χ3v) is 3.29. The maximum atomic E-state index is 9.06. The van der Waals surface area contributed by atoms with E-state index in [1.165, 1.54) is 16.7 Å². The molecule has 140 valence electrons. The normalized spacial score (nSPS) is 8.88. The number of amides is 1. The Kier molecular flexibility index (Phi) is 16.9. The van der Waals surface area contributed by atoms with Crippen molar-refractivity contribution in [2.24, 2.45) is 0 Å². The minimum absolute atomic E-state index is 0.625. The quantitative estimate of drug-likeness (QED) is 0.649. The van der Waals surface area contributed by atoms with Gasteiger partial charge in [-0.25, -0.2) is 0 Å². The molecule has 0 bridgehead atoms. The lowest BCUT2D eigenvalue weighted by Crippen LogP contribution is -1.98. The average molecular weight is 344 g/mol. The van der Waals surface area contributed by atoms with E-state index < -0.39 is 0 Å². The van der Waals surface area contributed by atoms with Crippen LogP contribution in [0.5, 0.6) is 0 Å². The summed E-state index contributed by atoms with van der Waals surface area (Å²) < 4.78 is 0. The Labute approximate surface area is 155 Å². The third kappa shape index (κ3) is 14.0. The molecule has 1 amide bonds. The minimum Gasteiger partial charge on any atom is -0.362 e. The van der Waals surface area contributed by atoms with Crippen molar-refractivity contribution in [1.29, 1.82) is 0 Å². The van der Waals surface area contributed by atoms with Crippen LogP contribution >= 0.6 is 0 Å². The molecule has 2 nitrogen and oxygen atoms in total. The Morgan fingerprint density at radius 2 is 1.24 bits per heavy atom. The maximum absolute atomic E-state index is 9.06. The van der Waals surface area contributed by atoms with E-state index in [1.54, 1.807) is 7.05 Å². The Morgan fingerprint density at radius 1 is 0.800 bits per heavy atom. The zero-order chi connectivity index (χ0) is 19.7. The van der Waals surface area contributed by atoms with Crippen molar-refractivity contribution < 1.29 is 4.79 Å². The van der Waals surface area contributed by atoms with Crippen LogP contribution in [-0.2, 0) is 4.79 Å². The molecular formula is C23H37NO. The number of hydrogen-bond donors (Lipinski definition) is 1. The van der Waals surface area contributed by atoms with Gasteiger partial charge in [0, 0.05) is 7.05 Å². The first kappa shape index (κ1) is 25.2. The standard InChI is InChI=1S/C10H14.C9H12.C2H5NO.C2H6/c1-8(2)10-6-4-5-9(3)7-10;1-8(2)9-6-4-3-5-7-9;1-3-2-4;1-2/h4-8H,1-3H3;3-8H,1-2H3;2H,1H3,(H,3,4);1-2H3. The zero-order valence-electron chi connectivity index (χ0n) is 17.3. The van der Waals surface area contributed by atoms with E-state index in [2.05, 4.69) is 88.5 Å². The first-order valence-corrected chi connectivity index (χ1v) is 9.14. The van der Waals surface area contributed by atoms with Gasteiger partial charge in [0.25, 0.3) is 0 Å². The summed E-state index contributed by atoms with van der Waals surface area (Å²) in [6, 6.07) is 19.2. The van der Waals surface area contributed by atoms with E-state index in [0.29, 0.717) is 18.2 Å². The van der Waals surface area contributed by atoms with Crippen LogP contribution in [0.4, 0.5) is 0 Å². The molecule has 0 unspecified atom stereocenters. The molecule has 2 rings (SSSR count). The van der Waals surface area contributed by atoms with Gasteiger partial charge >= 0.3 is 0 Å². The molecular weight excluding hydrogens is 306 g/mol. The number of carbonyl (C=O) groups is 1. The summed E-state index contributed by atoms with van der Waals surface area (Å²) in [6.45, 7) is 15.0. The zero-order valence-corrected chi connectivity index (χ0v) is 17.3. The molecule has 0 aromatic heterocycles. The second-order valence-electron chi connectivity index (χ2n) is 6.04. The Bertz CT molecular complexity index is 533. The van der Waals surface area contributed by atoms with Gasteiger partial charge in [0.05, 0.1) is 0 Å². The molecule has 0 atom stereocenters. The molecule has 1 N–H and O–H groups in total. The number of aryl methyl sites for hydroxylation is 1. The molecule has 0 saturated heterocycles. The second kappa shape index (κ2) is 16.8. The van der Waals surface area contributed by atoms with Gasteiger partial charge in [0.2, 0.25) is 6.41 Å². The maximum Gasteiger partial charge on any atom is 0.206 e. The first-order chi connectivity index (χ1) is 11.9. The van der Waals surface area contributed by atoms with Gasteiger partial charge in [-0.3, -0.25) is 4.79 Å². The highest BCUT2D eigenvalue weighted by Crippen LogP contribution is 2.14. The summed E-state index contributed by atoms with van der Waals surface area (Å²) in [6.07, 6.45) is 0.625. The average Bonchev–Trinajstić information content (AvgIpc) is 2.65. The predicted molar refractivity (Wildman–Crippen MR) is 112 cm³/mol. The van der Waals surface area contributed by atoms with Crippen LogP contribution in [-0.4, -0.2) is 13.5 Å². The second-order valence-corrected chi connectivity index (χ2v) is 6.04. The minimum atomic E-state index is 0.625. The molecule has 0 fully saturated rings. The summed E-state index contributed by atoms with van der Waals surface area (Å²) in [7, 11) is 1.56. The fraction of sp³-hybridized carbons (Fsp3) is 0.435. The number of carbonyl (C=O) groups excluding carboxylic acids is 1. The summed E-state index contributed by atoms with van der Waals surface area (Å²) >= 11 is 0. The number of hydrogen-bond acceptors (Lipinski definition) is 1. The number of benzene rings is 2.